The van der Waals surface area contributed by atoms with Crippen LogP contribution in [-0.2, 0) is 4.79 Å². The first-order valence-corrected chi connectivity index (χ1v) is 5.53. The Morgan fingerprint density at radius 2 is 1.47 bits per heavy atom. The van der Waals surface area contributed by atoms with Crippen molar-refractivity contribution in [1.82, 2.24) is 0 Å². The lowest BCUT2D eigenvalue weighted by Crippen LogP contribution is -2.17. The zero-order valence-corrected chi connectivity index (χ0v) is 9.49. The SMILES string of the molecule is O=C1C=C(Cl)c2cc3ccccc3cc2C1=O. The minimum absolute atomic E-state index is 0.329. The third-order valence-electron chi connectivity index (χ3n) is 2.87. The van der Waals surface area contributed by atoms with E-state index in [4.69, 9.17) is 11.6 Å². The number of allylic oxidation sites excluding steroid dienone is 1. The molecule has 0 N–H and O–H groups in total. The third kappa shape index (κ3) is 1.49. The molecule has 2 nitrogen and oxygen atoms in total. The van der Waals surface area contributed by atoms with Gasteiger partial charge in [0.25, 0.3) is 0 Å². The summed E-state index contributed by atoms with van der Waals surface area (Å²) in [6, 6.07) is 11.2. The van der Waals surface area contributed by atoms with Gasteiger partial charge in [-0.2, -0.15) is 0 Å². The van der Waals surface area contributed by atoms with Gasteiger partial charge in [0, 0.05) is 17.2 Å². The fourth-order valence-electron chi connectivity index (χ4n) is 2.02. The van der Waals surface area contributed by atoms with Gasteiger partial charge in [-0.1, -0.05) is 35.9 Å². The summed E-state index contributed by atoms with van der Waals surface area (Å²) in [7, 11) is 0. The normalized spacial score (nSPS) is 14.8. The molecule has 0 heterocycles. The predicted octanol–water partition coefficient (Wildman–Crippen LogP) is 3.18. The predicted molar refractivity (Wildman–Crippen MR) is 67.1 cm³/mol. The first-order chi connectivity index (χ1) is 8.16. The summed E-state index contributed by atoms with van der Waals surface area (Å²) < 4.78 is 0. The second-order valence-electron chi connectivity index (χ2n) is 3.93. The molecule has 1 aliphatic carbocycles. The minimum Gasteiger partial charge on any atom is -0.285 e. The lowest BCUT2D eigenvalue weighted by molar-refractivity contribution is -0.110. The highest BCUT2D eigenvalue weighted by Gasteiger charge is 2.25. The Labute approximate surface area is 103 Å². The van der Waals surface area contributed by atoms with E-state index in [0.29, 0.717) is 16.2 Å². The Kier molecular flexibility index (Phi) is 2.13. The maximum atomic E-state index is 11.8. The van der Waals surface area contributed by atoms with Crippen LogP contribution in [0.1, 0.15) is 15.9 Å². The van der Waals surface area contributed by atoms with Crippen molar-refractivity contribution in [3.05, 3.63) is 53.6 Å². The maximum absolute atomic E-state index is 11.8. The highest BCUT2D eigenvalue weighted by atomic mass is 35.5. The van der Waals surface area contributed by atoms with E-state index in [0.717, 1.165) is 10.8 Å². The van der Waals surface area contributed by atoms with Crippen molar-refractivity contribution in [2.45, 2.75) is 0 Å². The summed E-state index contributed by atoms with van der Waals surface area (Å²) in [5.74, 6) is -1.05. The van der Waals surface area contributed by atoms with E-state index in [2.05, 4.69) is 0 Å². The van der Waals surface area contributed by atoms with Gasteiger partial charge in [-0.15, -0.1) is 0 Å². The van der Waals surface area contributed by atoms with Crippen LogP contribution in [0.25, 0.3) is 15.8 Å². The molecular weight excluding hydrogens is 236 g/mol. The molecule has 0 saturated heterocycles. The molecule has 2 aromatic carbocycles. The molecule has 0 saturated carbocycles. The van der Waals surface area contributed by atoms with E-state index in [1.165, 1.54) is 6.08 Å². The summed E-state index contributed by atoms with van der Waals surface area (Å²) in [6.07, 6.45) is 1.18. The Bertz CT molecular complexity index is 698. The van der Waals surface area contributed by atoms with Gasteiger partial charge in [0.15, 0.2) is 0 Å². The Morgan fingerprint density at radius 1 is 0.882 bits per heavy atom. The molecule has 2 aromatic rings. The van der Waals surface area contributed by atoms with Crippen molar-refractivity contribution in [1.29, 1.82) is 0 Å². The second-order valence-corrected chi connectivity index (χ2v) is 4.34. The zero-order valence-electron chi connectivity index (χ0n) is 8.74. The van der Waals surface area contributed by atoms with Gasteiger partial charge in [0.05, 0.1) is 5.03 Å². The molecule has 0 amide bonds. The van der Waals surface area contributed by atoms with Gasteiger partial charge < -0.3 is 0 Å². The van der Waals surface area contributed by atoms with Crippen LogP contribution >= 0.6 is 11.6 Å². The van der Waals surface area contributed by atoms with Crippen molar-refractivity contribution in [3.63, 3.8) is 0 Å². The minimum atomic E-state index is -0.558. The molecule has 17 heavy (non-hydrogen) atoms. The van der Waals surface area contributed by atoms with Crippen LogP contribution in [0.2, 0.25) is 0 Å². The number of carbonyl (C=O) groups is 2. The summed E-state index contributed by atoms with van der Waals surface area (Å²) >= 11 is 6.00. The number of Topliss-reactive ketones (excluding diaryl/α,β-unsaturated/α-hetero) is 1. The van der Waals surface area contributed by atoms with Crippen molar-refractivity contribution < 1.29 is 9.59 Å². The summed E-state index contributed by atoms with van der Waals surface area (Å²) in [4.78, 5) is 23.1. The molecule has 0 spiro atoms. The zero-order chi connectivity index (χ0) is 12.0. The van der Waals surface area contributed by atoms with Crippen molar-refractivity contribution in [3.8, 4) is 0 Å². The van der Waals surface area contributed by atoms with E-state index >= 15 is 0 Å². The number of hydrogen-bond acceptors (Lipinski definition) is 2. The summed E-state index contributed by atoms with van der Waals surface area (Å²) in [6.45, 7) is 0. The molecule has 0 aromatic heterocycles. The van der Waals surface area contributed by atoms with Gasteiger partial charge in [0.2, 0.25) is 11.6 Å². The standard InChI is InChI=1S/C14H7ClO2/c15-12-7-13(16)14(17)11-6-9-4-2-1-3-8(9)5-10(11)12/h1-7H. The van der Waals surface area contributed by atoms with Gasteiger partial charge in [0.1, 0.15) is 0 Å². The molecule has 82 valence electrons. The number of benzene rings is 2. The summed E-state index contributed by atoms with van der Waals surface area (Å²) in [5.41, 5.74) is 1.02. The molecule has 0 unspecified atom stereocenters. The van der Waals surface area contributed by atoms with Crippen LogP contribution in [0, 0.1) is 0 Å². The number of ketones is 2. The Balaban J connectivity index is 2.40. The van der Waals surface area contributed by atoms with Crippen LogP contribution in [0.15, 0.2) is 42.5 Å². The van der Waals surface area contributed by atoms with Crippen LogP contribution in [0.3, 0.4) is 0 Å². The average Bonchev–Trinajstić information content (AvgIpc) is 2.34. The smallest absolute Gasteiger partial charge is 0.233 e. The largest absolute Gasteiger partial charge is 0.285 e. The van der Waals surface area contributed by atoms with Gasteiger partial charge in [-0.05, 0) is 22.9 Å². The van der Waals surface area contributed by atoms with Crippen LogP contribution in [0.5, 0.6) is 0 Å². The molecular formula is C14H7ClO2. The number of carbonyl (C=O) groups excluding carboxylic acids is 2. The van der Waals surface area contributed by atoms with Crippen molar-refractivity contribution in [2.75, 3.05) is 0 Å². The monoisotopic (exact) mass is 242 g/mol. The van der Waals surface area contributed by atoms with Gasteiger partial charge >= 0.3 is 0 Å². The Morgan fingerprint density at radius 3 is 2.12 bits per heavy atom. The molecule has 0 atom stereocenters. The molecule has 1 aliphatic rings. The van der Waals surface area contributed by atoms with Gasteiger partial charge in [-0.25, -0.2) is 0 Å². The quantitative estimate of drug-likeness (QED) is 0.665. The highest BCUT2D eigenvalue weighted by Crippen LogP contribution is 2.31. The summed E-state index contributed by atoms with van der Waals surface area (Å²) in [5, 5.41) is 2.26. The van der Waals surface area contributed by atoms with Crippen molar-refractivity contribution >= 4 is 39.0 Å². The van der Waals surface area contributed by atoms with Gasteiger partial charge in [-0.3, -0.25) is 9.59 Å². The number of hydrogen-bond donors (Lipinski definition) is 0. The van der Waals surface area contributed by atoms with E-state index in [-0.39, 0.29) is 0 Å². The van der Waals surface area contributed by atoms with E-state index in [1.54, 1.807) is 6.07 Å². The molecule has 0 bridgehead atoms. The van der Waals surface area contributed by atoms with E-state index in [1.807, 2.05) is 30.3 Å². The number of fused-ring (bicyclic) bond motifs is 2. The molecule has 3 heteroatoms. The third-order valence-corrected chi connectivity index (χ3v) is 3.18. The first-order valence-electron chi connectivity index (χ1n) is 5.16. The fourth-order valence-corrected chi connectivity index (χ4v) is 2.27. The molecule has 0 aliphatic heterocycles. The lowest BCUT2D eigenvalue weighted by Gasteiger charge is -2.12. The molecule has 0 fully saturated rings. The second kappa shape index (κ2) is 3.54. The maximum Gasteiger partial charge on any atom is 0.233 e. The number of rotatable bonds is 0. The fraction of sp³-hybridized carbons (Fsp3) is 0. The van der Waals surface area contributed by atoms with Crippen molar-refractivity contribution in [2.24, 2.45) is 0 Å². The Hall–Kier alpha value is -1.93. The number of halogens is 1. The molecule has 0 radical (unpaired) electrons. The lowest BCUT2D eigenvalue weighted by atomic mass is 9.92. The topological polar surface area (TPSA) is 34.1 Å². The first kappa shape index (κ1) is 10.2. The van der Waals surface area contributed by atoms with Crippen LogP contribution in [-0.4, -0.2) is 11.6 Å². The van der Waals surface area contributed by atoms with E-state index < -0.39 is 11.6 Å². The highest BCUT2D eigenvalue weighted by molar-refractivity contribution is 6.60. The molecule has 3 rings (SSSR count). The van der Waals surface area contributed by atoms with Crippen LogP contribution < -0.4 is 0 Å². The average molecular weight is 243 g/mol. The van der Waals surface area contributed by atoms with E-state index in [9.17, 15) is 9.59 Å². The van der Waals surface area contributed by atoms with Crippen LogP contribution in [0.4, 0.5) is 0 Å².